The second-order valence-electron chi connectivity index (χ2n) is 6.70. The van der Waals surface area contributed by atoms with Gasteiger partial charge in [-0.1, -0.05) is 61.7 Å². The van der Waals surface area contributed by atoms with Gasteiger partial charge >= 0.3 is 0 Å². The summed E-state index contributed by atoms with van der Waals surface area (Å²) in [5.74, 6) is 0.713. The van der Waals surface area contributed by atoms with Crippen LogP contribution in [0.2, 0.25) is 0 Å². The molecule has 2 heteroatoms. The summed E-state index contributed by atoms with van der Waals surface area (Å²) >= 11 is 0. The average molecular weight is 317 g/mol. The Morgan fingerprint density at radius 1 is 0.958 bits per heavy atom. The number of rotatable bonds is 5. The predicted octanol–water partition coefficient (Wildman–Crippen LogP) is 5.23. The summed E-state index contributed by atoms with van der Waals surface area (Å²) in [6.45, 7) is 0. The fourth-order valence-corrected chi connectivity index (χ4v) is 3.70. The van der Waals surface area contributed by atoms with Crippen molar-refractivity contribution >= 4 is 5.78 Å². The Kier molecular flexibility index (Phi) is 5.43. The first-order chi connectivity index (χ1) is 11.8. The molecule has 2 aromatic rings. The molecule has 1 aliphatic rings. The predicted molar refractivity (Wildman–Crippen MR) is 95.6 cm³/mol. The van der Waals surface area contributed by atoms with Gasteiger partial charge in [0.2, 0.25) is 0 Å². The molecule has 0 heterocycles. The van der Waals surface area contributed by atoms with Crippen molar-refractivity contribution in [2.75, 3.05) is 0 Å². The molecule has 1 aliphatic carbocycles. The van der Waals surface area contributed by atoms with E-state index in [4.69, 9.17) is 5.26 Å². The lowest BCUT2D eigenvalue weighted by molar-refractivity contribution is -0.124. The van der Waals surface area contributed by atoms with E-state index in [0.29, 0.717) is 17.8 Å². The van der Waals surface area contributed by atoms with Gasteiger partial charge in [-0.05, 0) is 36.1 Å². The van der Waals surface area contributed by atoms with Crippen molar-refractivity contribution in [2.45, 2.75) is 44.4 Å². The van der Waals surface area contributed by atoms with Crippen LogP contribution in [-0.4, -0.2) is 5.78 Å². The third-order valence-corrected chi connectivity index (χ3v) is 5.11. The van der Waals surface area contributed by atoms with Crippen LogP contribution >= 0.6 is 0 Å². The molecule has 1 atom stereocenters. The van der Waals surface area contributed by atoms with Crippen molar-refractivity contribution in [3.8, 4) is 6.07 Å². The molecular weight excluding hydrogens is 294 g/mol. The van der Waals surface area contributed by atoms with Crippen LogP contribution < -0.4 is 0 Å². The third-order valence-electron chi connectivity index (χ3n) is 5.11. The molecule has 0 bridgehead atoms. The molecule has 122 valence electrons. The number of hydrogen-bond donors (Lipinski definition) is 0. The minimum absolute atomic E-state index is 0.0772. The molecule has 0 aromatic heterocycles. The highest BCUT2D eigenvalue weighted by Gasteiger charge is 2.25. The third kappa shape index (κ3) is 3.92. The van der Waals surface area contributed by atoms with Gasteiger partial charge in [-0.3, -0.25) is 4.79 Å². The first kappa shape index (κ1) is 16.5. The Morgan fingerprint density at radius 2 is 1.58 bits per heavy atom. The Hall–Kier alpha value is -2.40. The molecule has 1 unspecified atom stereocenters. The highest BCUT2D eigenvalue weighted by Crippen LogP contribution is 2.33. The summed E-state index contributed by atoms with van der Waals surface area (Å²) in [7, 11) is 0. The van der Waals surface area contributed by atoms with Gasteiger partial charge in [0, 0.05) is 18.3 Å². The standard InChI is InChI=1S/C22H23NO/c23-16-17-11-13-19(14-12-17)21(18-7-3-1-4-8-18)15-22(24)20-9-5-2-6-10-20/h1,3-4,7-8,11-14,20-21H,2,5-6,9-10,15H2. The minimum atomic E-state index is 0.0772. The largest absolute Gasteiger partial charge is 0.299 e. The lowest BCUT2D eigenvalue weighted by Crippen LogP contribution is -2.20. The minimum Gasteiger partial charge on any atom is -0.299 e. The van der Waals surface area contributed by atoms with E-state index in [1.807, 2.05) is 42.5 Å². The maximum atomic E-state index is 12.8. The summed E-state index contributed by atoms with van der Waals surface area (Å²) in [5, 5.41) is 9.00. The van der Waals surface area contributed by atoms with Gasteiger partial charge in [-0.25, -0.2) is 0 Å². The van der Waals surface area contributed by atoms with E-state index >= 15 is 0 Å². The SMILES string of the molecule is N#Cc1ccc(C(CC(=O)C2CCCCC2)c2ccccc2)cc1. The Bertz CT molecular complexity index is 706. The maximum absolute atomic E-state index is 12.8. The topological polar surface area (TPSA) is 40.9 Å². The van der Waals surface area contributed by atoms with Crippen LogP contribution in [0.15, 0.2) is 54.6 Å². The molecule has 0 radical (unpaired) electrons. The molecule has 2 nitrogen and oxygen atoms in total. The van der Waals surface area contributed by atoms with Gasteiger partial charge in [0.15, 0.2) is 0 Å². The fraction of sp³-hybridized carbons (Fsp3) is 0.364. The molecule has 24 heavy (non-hydrogen) atoms. The van der Waals surface area contributed by atoms with Crippen LogP contribution in [-0.2, 0) is 4.79 Å². The van der Waals surface area contributed by atoms with Gasteiger partial charge < -0.3 is 0 Å². The van der Waals surface area contributed by atoms with Gasteiger partial charge in [-0.2, -0.15) is 5.26 Å². The van der Waals surface area contributed by atoms with E-state index in [1.165, 1.54) is 24.8 Å². The lowest BCUT2D eigenvalue weighted by atomic mass is 9.79. The summed E-state index contributed by atoms with van der Waals surface area (Å²) in [6, 6.07) is 20.1. The van der Waals surface area contributed by atoms with E-state index < -0.39 is 0 Å². The number of carbonyl (C=O) groups is 1. The zero-order chi connectivity index (χ0) is 16.8. The quantitative estimate of drug-likeness (QED) is 0.757. The van der Waals surface area contributed by atoms with Crippen molar-refractivity contribution in [1.29, 1.82) is 5.26 Å². The number of carbonyl (C=O) groups excluding carboxylic acids is 1. The van der Waals surface area contributed by atoms with Crippen molar-refractivity contribution in [3.05, 3.63) is 71.3 Å². The molecule has 1 saturated carbocycles. The first-order valence-corrected chi connectivity index (χ1v) is 8.85. The van der Waals surface area contributed by atoms with Crippen LogP contribution in [0.1, 0.15) is 61.1 Å². The number of nitrogens with zero attached hydrogens (tertiary/aromatic N) is 1. The summed E-state index contributed by atoms with van der Waals surface area (Å²) in [5.41, 5.74) is 2.94. The summed E-state index contributed by atoms with van der Waals surface area (Å²) in [6.07, 6.45) is 6.29. The molecule has 1 fully saturated rings. The monoisotopic (exact) mass is 317 g/mol. The molecule has 3 rings (SSSR count). The zero-order valence-corrected chi connectivity index (χ0v) is 13.9. The van der Waals surface area contributed by atoms with Crippen LogP contribution in [0.5, 0.6) is 0 Å². The van der Waals surface area contributed by atoms with E-state index in [9.17, 15) is 4.79 Å². The van der Waals surface area contributed by atoms with Crippen molar-refractivity contribution in [3.63, 3.8) is 0 Å². The second-order valence-corrected chi connectivity index (χ2v) is 6.70. The van der Waals surface area contributed by atoms with E-state index in [2.05, 4.69) is 18.2 Å². The van der Waals surface area contributed by atoms with Crippen LogP contribution in [0.25, 0.3) is 0 Å². The van der Waals surface area contributed by atoms with Crippen LogP contribution in [0, 0.1) is 17.2 Å². The van der Waals surface area contributed by atoms with Gasteiger partial charge in [0.1, 0.15) is 5.78 Å². The van der Waals surface area contributed by atoms with E-state index in [-0.39, 0.29) is 11.8 Å². The van der Waals surface area contributed by atoms with Crippen molar-refractivity contribution < 1.29 is 4.79 Å². The van der Waals surface area contributed by atoms with Gasteiger partial charge in [0.25, 0.3) is 0 Å². The molecule has 0 amide bonds. The molecule has 2 aromatic carbocycles. The van der Waals surface area contributed by atoms with E-state index in [0.717, 1.165) is 18.4 Å². The normalized spacial score (nSPS) is 16.3. The Balaban J connectivity index is 1.84. The molecule has 0 spiro atoms. The number of nitriles is 1. The van der Waals surface area contributed by atoms with Crippen LogP contribution in [0.4, 0.5) is 0 Å². The highest BCUT2D eigenvalue weighted by atomic mass is 16.1. The first-order valence-electron chi connectivity index (χ1n) is 8.85. The van der Waals surface area contributed by atoms with Gasteiger partial charge in [0.05, 0.1) is 11.6 Å². The second kappa shape index (κ2) is 7.93. The zero-order valence-electron chi connectivity index (χ0n) is 13.9. The lowest BCUT2D eigenvalue weighted by Gasteiger charge is -2.24. The molecule has 0 saturated heterocycles. The summed E-state index contributed by atoms with van der Waals surface area (Å²) in [4.78, 5) is 12.8. The van der Waals surface area contributed by atoms with Gasteiger partial charge in [-0.15, -0.1) is 0 Å². The summed E-state index contributed by atoms with van der Waals surface area (Å²) < 4.78 is 0. The molecule has 0 aliphatic heterocycles. The number of ketones is 1. The number of Topliss-reactive ketones (excluding diaryl/α,β-unsaturated/α-hetero) is 1. The number of hydrogen-bond acceptors (Lipinski definition) is 2. The van der Waals surface area contributed by atoms with Crippen molar-refractivity contribution in [1.82, 2.24) is 0 Å². The molecule has 0 N–H and O–H groups in total. The Morgan fingerprint density at radius 3 is 2.21 bits per heavy atom. The van der Waals surface area contributed by atoms with Crippen LogP contribution in [0.3, 0.4) is 0 Å². The molecular formula is C22H23NO. The maximum Gasteiger partial charge on any atom is 0.136 e. The number of benzene rings is 2. The smallest absolute Gasteiger partial charge is 0.136 e. The fourth-order valence-electron chi connectivity index (χ4n) is 3.70. The van der Waals surface area contributed by atoms with E-state index in [1.54, 1.807) is 0 Å². The highest BCUT2D eigenvalue weighted by molar-refractivity contribution is 5.82. The van der Waals surface area contributed by atoms with Crippen molar-refractivity contribution in [2.24, 2.45) is 5.92 Å². The Labute approximate surface area is 144 Å². The average Bonchev–Trinajstić information content (AvgIpc) is 2.67.